The number of carbonyl (C=O) groups excluding carboxylic acids is 2. The van der Waals surface area contributed by atoms with Crippen molar-refractivity contribution in [2.24, 2.45) is 0 Å². The number of amides is 2. The van der Waals surface area contributed by atoms with Gasteiger partial charge in [-0.1, -0.05) is 42.1 Å². The van der Waals surface area contributed by atoms with Gasteiger partial charge in [0.1, 0.15) is 5.82 Å². The van der Waals surface area contributed by atoms with Crippen molar-refractivity contribution in [3.63, 3.8) is 0 Å². The van der Waals surface area contributed by atoms with E-state index in [0.717, 1.165) is 20.0 Å². The fourth-order valence-electron chi connectivity index (χ4n) is 2.64. The number of rotatable bonds is 8. The highest BCUT2D eigenvalue weighted by molar-refractivity contribution is 9.10. The van der Waals surface area contributed by atoms with Crippen LogP contribution in [0.4, 0.5) is 11.5 Å². The number of nitrogens with zero attached hydrogens (tertiary/aromatic N) is 2. The minimum atomic E-state index is -0.236. The number of aromatic nitrogens is 1. The molecule has 0 unspecified atom stereocenters. The molecule has 0 fully saturated rings. The van der Waals surface area contributed by atoms with E-state index in [2.05, 4.69) is 31.5 Å². The van der Waals surface area contributed by atoms with E-state index in [9.17, 15) is 9.59 Å². The van der Waals surface area contributed by atoms with Gasteiger partial charge in [-0.25, -0.2) is 4.98 Å². The van der Waals surface area contributed by atoms with Crippen LogP contribution in [0.3, 0.4) is 0 Å². The summed E-state index contributed by atoms with van der Waals surface area (Å²) in [4.78, 5) is 32.5. The fourth-order valence-corrected chi connectivity index (χ4v) is 3.80. The van der Waals surface area contributed by atoms with Crippen molar-refractivity contribution in [3.8, 4) is 0 Å². The smallest absolute Gasteiger partial charge is 0.239 e. The summed E-state index contributed by atoms with van der Waals surface area (Å²) in [7, 11) is 1.72. The summed E-state index contributed by atoms with van der Waals surface area (Å²) in [6.07, 6.45) is 1.61. The molecule has 6 nitrogen and oxygen atoms in total. The lowest BCUT2D eigenvalue weighted by Crippen LogP contribution is -2.36. The number of halogens is 1. The normalized spacial score (nSPS) is 10.6. The minimum absolute atomic E-state index is 0.0750. The van der Waals surface area contributed by atoms with E-state index < -0.39 is 0 Å². The molecule has 0 saturated carbocycles. The maximum absolute atomic E-state index is 12.5. The highest BCUT2D eigenvalue weighted by Crippen LogP contribution is 2.33. The summed E-state index contributed by atoms with van der Waals surface area (Å²) >= 11 is 4.89. The van der Waals surface area contributed by atoms with Gasteiger partial charge in [0.25, 0.3) is 0 Å². The molecule has 0 radical (unpaired) electrons. The lowest BCUT2D eigenvalue weighted by Gasteiger charge is -2.17. The van der Waals surface area contributed by atoms with Crippen molar-refractivity contribution in [3.05, 3.63) is 77.4 Å². The molecule has 1 aromatic heterocycles. The summed E-state index contributed by atoms with van der Waals surface area (Å²) in [6, 6.07) is 21.1. The second-order valence-electron chi connectivity index (χ2n) is 6.54. The fraction of sp³-hybridized carbons (Fsp3) is 0.136. The number of nitrogens with one attached hydrogen (secondary N) is 2. The third-order valence-corrected chi connectivity index (χ3v) is 5.51. The largest absolute Gasteiger partial charge is 0.324 e. The molecule has 3 rings (SSSR count). The number of benzene rings is 2. The van der Waals surface area contributed by atoms with E-state index in [4.69, 9.17) is 0 Å². The van der Waals surface area contributed by atoms with Crippen LogP contribution in [0.15, 0.2) is 87.2 Å². The first kappa shape index (κ1) is 22.0. The van der Waals surface area contributed by atoms with Crippen LogP contribution in [0.1, 0.15) is 0 Å². The van der Waals surface area contributed by atoms with Gasteiger partial charge in [-0.2, -0.15) is 0 Å². The van der Waals surface area contributed by atoms with E-state index in [-0.39, 0.29) is 24.9 Å². The zero-order valence-corrected chi connectivity index (χ0v) is 18.7. The Labute approximate surface area is 188 Å². The average molecular weight is 485 g/mol. The van der Waals surface area contributed by atoms with Gasteiger partial charge < -0.3 is 10.6 Å². The summed E-state index contributed by atoms with van der Waals surface area (Å²) in [5.41, 5.74) is 0.744. The Morgan fingerprint density at radius 1 is 0.933 bits per heavy atom. The van der Waals surface area contributed by atoms with Gasteiger partial charge in [-0.3, -0.25) is 14.5 Å². The van der Waals surface area contributed by atoms with Crippen LogP contribution in [-0.4, -0.2) is 41.8 Å². The predicted octanol–water partition coefficient (Wildman–Crippen LogP) is 4.50. The van der Waals surface area contributed by atoms with E-state index in [1.807, 2.05) is 54.6 Å². The molecule has 0 saturated heterocycles. The first-order valence-corrected chi connectivity index (χ1v) is 10.8. The molecule has 0 atom stereocenters. The molecular weight excluding hydrogens is 464 g/mol. The van der Waals surface area contributed by atoms with Gasteiger partial charge in [-0.05, 0) is 59.4 Å². The SMILES string of the molecule is CN(CC(=O)Nc1ccc(Br)cn1)CC(=O)Nc1ccccc1Sc1ccccc1. The first-order valence-electron chi connectivity index (χ1n) is 9.21. The van der Waals surface area contributed by atoms with Crippen molar-refractivity contribution in [1.82, 2.24) is 9.88 Å². The summed E-state index contributed by atoms with van der Waals surface area (Å²) in [5, 5.41) is 5.65. The highest BCUT2D eigenvalue weighted by Gasteiger charge is 2.13. The monoisotopic (exact) mass is 484 g/mol. The van der Waals surface area contributed by atoms with Gasteiger partial charge in [0.15, 0.2) is 0 Å². The molecule has 3 aromatic rings. The molecule has 0 bridgehead atoms. The lowest BCUT2D eigenvalue weighted by molar-refractivity contribution is -0.119. The summed E-state index contributed by atoms with van der Waals surface area (Å²) < 4.78 is 0.833. The van der Waals surface area contributed by atoms with Crippen LogP contribution in [-0.2, 0) is 9.59 Å². The molecule has 154 valence electrons. The molecule has 30 heavy (non-hydrogen) atoms. The Balaban J connectivity index is 1.52. The molecule has 2 N–H and O–H groups in total. The van der Waals surface area contributed by atoms with Crippen molar-refractivity contribution in [2.75, 3.05) is 30.8 Å². The Bertz CT molecular complexity index is 1000. The van der Waals surface area contributed by atoms with E-state index >= 15 is 0 Å². The van der Waals surface area contributed by atoms with Crippen molar-refractivity contribution < 1.29 is 9.59 Å². The quantitative estimate of drug-likeness (QED) is 0.492. The highest BCUT2D eigenvalue weighted by atomic mass is 79.9. The van der Waals surface area contributed by atoms with Gasteiger partial charge in [0.05, 0.1) is 18.8 Å². The van der Waals surface area contributed by atoms with Gasteiger partial charge >= 0.3 is 0 Å². The van der Waals surface area contributed by atoms with Crippen LogP contribution in [0, 0.1) is 0 Å². The molecule has 1 heterocycles. The topological polar surface area (TPSA) is 74.3 Å². The van der Waals surface area contributed by atoms with Crippen molar-refractivity contribution >= 4 is 51.0 Å². The van der Waals surface area contributed by atoms with Crippen LogP contribution >= 0.6 is 27.7 Å². The average Bonchev–Trinajstić information content (AvgIpc) is 2.71. The Morgan fingerprint density at radius 3 is 2.30 bits per heavy atom. The van der Waals surface area contributed by atoms with Crippen LogP contribution < -0.4 is 10.6 Å². The number of likely N-dealkylation sites (N-methyl/N-ethyl adjacent to an activating group) is 1. The Hall–Kier alpha value is -2.68. The zero-order chi connectivity index (χ0) is 21.3. The van der Waals surface area contributed by atoms with E-state index in [0.29, 0.717) is 5.82 Å². The van der Waals surface area contributed by atoms with Crippen LogP contribution in [0.25, 0.3) is 0 Å². The molecule has 2 aromatic carbocycles. The van der Waals surface area contributed by atoms with E-state index in [1.54, 1.807) is 42.0 Å². The minimum Gasteiger partial charge on any atom is -0.324 e. The van der Waals surface area contributed by atoms with E-state index in [1.165, 1.54) is 0 Å². The maximum atomic E-state index is 12.5. The summed E-state index contributed by atoms with van der Waals surface area (Å²) in [6.45, 7) is 0.164. The number of carbonyl (C=O) groups is 2. The number of hydrogen-bond donors (Lipinski definition) is 2. The second-order valence-corrected chi connectivity index (χ2v) is 8.57. The predicted molar refractivity (Wildman–Crippen MR) is 124 cm³/mol. The third-order valence-electron chi connectivity index (χ3n) is 3.95. The standard InChI is InChI=1S/C22H21BrN4O2S/c1-27(15-22(29)26-20-12-11-16(23)13-24-20)14-21(28)25-18-9-5-6-10-19(18)30-17-7-3-2-4-8-17/h2-13H,14-15H2,1H3,(H,25,28)(H,24,26,29). The second kappa shape index (κ2) is 10.9. The maximum Gasteiger partial charge on any atom is 0.239 e. The lowest BCUT2D eigenvalue weighted by atomic mass is 10.3. The number of para-hydroxylation sites is 1. The Morgan fingerprint density at radius 2 is 1.60 bits per heavy atom. The zero-order valence-electron chi connectivity index (χ0n) is 16.3. The number of pyridine rings is 1. The van der Waals surface area contributed by atoms with Gasteiger partial charge in [-0.15, -0.1) is 0 Å². The van der Waals surface area contributed by atoms with Gasteiger partial charge in [0, 0.05) is 20.5 Å². The van der Waals surface area contributed by atoms with Crippen LogP contribution in [0.2, 0.25) is 0 Å². The molecule has 8 heteroatoms. The molecule has 2 amide bonds. The Kier molecular flexibility index (Phi) is 8.01. The first-order chi connectivity index (χ1) is 14.5. The van der Waals surface area contributed by atoms with Crippen molar-refractivity contribution in [2.45, 2.75) is 9.79 Å². The summed E-state index contributed by atoms with van der Waals surface area (Å²) in [5.74, 6) is 0.0428. The van der Waals surface area contributed by atoms with Gasteiger partial charge in [0.2, 0.25) is 11.8 Å². The molecular formula is C22H21BrN4O2S. The molecule has 0 aliphatic carbocycles. The molecule has 0 aliphatic rings. The molecule has 0 aliphatic heterocycles. The third kappa shape index (κ3) is 6.98. The number of anilines is 2. The molecule has 0 spiro atoms. The van der Waals surface area contributed by atoms with Crippen molar-refractivity contribution in [1.29, 1.82) is 0 Å². The van der Waals surface area contributed by atoms with Crippen LogP contribution in [0.5, 0.6) is 0 Å². The number of hydrogen-bond acceptors (Lipinski definition) is 5.